The van der Waals surface area contributed by atoms with Crippen LogP contribution in [-0.2, 0) is 11.2 Å². The molecule has 0 radical (unpaired) electrons. The van der Waals surface area contributed by atoms with Crippen molar-refractivity contribution in [2.45, 2.75) is 19.4 Å². The van der Waals surface area contributed by atoms with Crippen molar-refractivity contribution in [2.75, 3.05) is 18.0 Å². The van der Waals surface area contributed by atoms with Crippen LogP contribution in [0, 0.1) is 0 Å². The van der Waals surface area contributed by atoms with E-state index in [-0.39, 0.29) is 11.9 Å². The SMILES string of the molecule is C=CCNCC(=O)N1c2ccccc2C[C@@H]1C. The van der Waals surface area contributed by atoms with Crippen molar-refractivity contribution in [3.8, 4) is 0 Å². The van der Waals surface area contributed by atoms with E-state index in [0.29, 0.717) is 13.1 Å². The summed E-state index contributed by atoms with van der Waals surface area (Å²) >= 11 is 0. The molecule has 1 aromatic carbocycles. The van der Waals surface area contributed by atoms with Crippen LogP contribution in [0.2, 0.25) is 0 Å². The van der Waals surface area contributed by atoms with Gasteiger partial charge in [-0.05, 0) is 25.0 Å². The number of para-hydroxylation sites is 1. The molecule has 1 aliphatic rings. The molecule has 0 aliphatic carbocycles. The molecule has 0 fully saturated rings. The number of fused-ring (bicyclic) bond motifs is 1. The number of anilines is 1. The molecule has 0 saturated heterocycles. The van der Waals surface area contributed by atoms with Crippen LogP contribution in [0.15, 0.2) is 36.9 Å². The third kappa shape index (κ3) is 2.39. The van der Waals surface area contributed by atoms with Crippen LogP contribution in [0.1, 0.15) is 12.5 Å². The van der Waals surface area contributed by atoms with Crippen molar-refractivity contribution in [2.24, 2.45) is 0 Å². The topological polar surface area (TPSA) is 32.3 Å². The standard InChI is InChI=1S/C14H18N2O/c1-3-8-15-10-14(17)16-11(2)9-12-6-4-5-7-13(12)16/h3-7,11,15H,1,8-10H2,2H3/t11-/m0/s1. The molecule has 0 spiro atoms. The summed E-state index contributed by atoms with van der Waals surface area (Å²) in [6.07, 6.45) is 2.71. The Morgan fingerprint density at radius 3 is 3.12 bits per heavy atom. The van der Waals surface area contributed by atoms with Crippen LogP contribution in [0.3, 0.4) is 0 Å². The molecule has 1 aromatic rings. The number of hydrogen-bond donors (Lipinski definition) is 1. The Morgan fingerprint density at radius 1 is 1.59 bits per heavy atom. The molecule has 1 heterocycles. The van der Waals surface area contributed by atoms with Gasteiger partial charge in [0, 0.05) is 18.3 Å². The van der Waals surface area contributed by atoms with E-state index in [1.165, 1.54) is 5.56 Å². The van der Waals surface area contributed by atoms with E-state index < -0.39 is 0 Å². The summed E-state index contributed by atoms with van der Waals surface area (Å²) in [7, 11) is 0. The average Bonchev–Trinajstić information content (AvgIpc) is 2.65. The monoisotopic (exact) mass is 230 g/mol. The number of nitrogens with zero attached hydrogens (tertiary/aromatic N) is 1. The first kappa shape index (κ1) is 11.9. The van der Waals surface area contributed by atoms with E-state index in [0.717, 1.165) is 12.1 Å². The fraction of sp³-hybridized carbons (Fsp3) is 0.357. The summed E-state index contributed by atoms with van der Waals surface area (Å²) in [5, 5.41) is 3.05. The van der Waals surface area contributed by atoms with Gasteiger partial charge in [0.15, 0.2) is 0 Å². The lowest BCUT2D eigenvalue weighted by Gasteiger charge is -2.22. The van der Waals surface area contributed by atoms with Gasteiger partial charge >= 0.3 is 0 Å². The van der Waals surface area contributed by atoms with E-state index in [9.17, 15) is 4.79 Å². The number of rotatable bonds is 4. The number of nitrogens with one attached hydrogen (secondary N) is 1. The van der Waals surface area contributed by atoms with Gasteiger partial charge in [0.2, 0.25) is 5.91 Å². The Labute approximate surface area is 102 Å². The summed E-state index contributed by atoms with van der Waals surface area (Å²) in [6, 6.07) is 8.37. The highest BCUT2D eigenvalue weighted by Crippen LogP contribution is 2.31. The molecule has 0 unspecified atom stereocenters. The van der Waals surface area contributed by atoms with Crippen molar-refractivity contribution >= 4 is 11.6 Å². The number of carbonyl (C=O) groups excluding carboxylic acids is 1. The van der Waals surface area contributed by atoms with E-state index >= 15 is 0 Å². The van der Waals surface area contributed by atoms with E-state index in [2.05, 4.69) is 24.9 Å². The lowest BCUT2D eigenvalue weighted by molar-refractivity contribution is -0.118. The molecule has 3 heteroatoms. The van der Waals surface area contributed by atoms with Gasteiger partial charge in [-0.3, -0.25) is 4.79 Å². The van der Waals surface area contributed by atoms with Gasteiger partial charge in [0.05, 0.1) is 6.54 Å². The average molecular weight is 230 g/mol. The van der Waals surface area contributed by atoms with Crippen molar-refractivity contribution in [3.63, 3.8) is 0 Å². The third-order valence-corrected chi connectivity index (χ3v) is 3.04. The number of benzene rings is 1. The molecule has 3 nitrogen and oxygen atoms in total. The van der Waals surface area contributed by atoms with Gasteiger partial charge in [-0.15, -0.1) is 6.58 Å². The largest absolute Gasteiger partial charge is 0.308 e. The van der Waals surface area contributed by atoms with Crippen LogP contribution in [-0.4, -0.2) is 25.0 Å². The van der Waals surface area contributed by atoms with Crippen LogP contribution < -0.4 is 10.2 Å². The molecule has 1 atom stereocenters. The van der Waals surface area contributed by atoms with Crippen LogP contribution >= 0.6 is 0 Å². The Hall–Kier alpha value is -1.61. The fourth-order valence-corrected chi connectivity index (χ4v) is 2.31. The van der Waals surface area contributed by atoms with Gasteiger partial charge in [0.1, 0.15) is 0 Å². The van der Waals surface area contributed by atoms with Crippen molar-refractivity contribution in [3.05, 3.63) is 42.5 Å². The van der Waals surface area contributed by atoms with Crippen molar-refractivity contribution in [1.29, 1.82) is 0 Å². The molecule has 1 N–H and O–H groups in total. The minimum atomic E-state index is 0.129. The third-order valence-electron chi connectivity index (χ3n) is 3.04. The number of hydrogen-bond acceptors (Lipinski definition) is 2. The second kappa shape index (κ2) is 5.15. The van der Waals surface area contributed by atoms with Gasteiger partial charge in [-0.2, -0.15) is 0 Å². The lowest BCUT2D eigenvalue weighted by atomic mass is 10.1. The molecule has 0 saturated carbocycles. The first-order valence-electron chi connectivity index (χ1n) is 5.95. The fourth-order valence-electron chi connectivity index (χ4n) is 2.31. The molecule has 0 bridgehead atoms. The first-order valence-corrected chi connectivity index (χ1v) is 5.95. The zero-order valence-electron chi connectivity index (χ0n) is 10.1. The second-order valence-electron chi connectivity index (χ2n) is 4.37. The number of amides is 1. The highest BCUT2D eigenvalue weighted by molar-refractivity contribution is 5.97. The normalized spacial score (nSPS) is 17.9. The smallest absolute Gasteiger partial charge is 0.241 e. The quantitative estimate of drug-likeness (QED) is 0.631. The minimum absolute atomic E-state index is 0.129. The molecular formula is C14H18N2O. The lowest BCUT2D eigenvalue weighted by Crippen LogP contribution is -2.41. The Balaban J connectivity index is 2.10. The first-order chi connectivity index (χ1) is 8.24. The highest BCUT2D eigenvalue weighted by atomic mass is 16.2. The highest BCUT2D eigenvalue weighted by Gasteiger charge is 2.29. The molecule has 1 aliphatic heterocycles. The summed E-state index contributed by atoms with van der Waals surface area (Å²) < 4.78 is 0. The Morgan fingerprint density at radius 2 is 2.35 bits per heavy atom. The molecule has 17 heavy (non-hydrogen) atoms. The van der Waals surface area contributed by atoms with Crippen molar-refractivity contribution in [1.82, 2.24) is 5.32 Å². The van der Waals surface area contributed by atoms with Gasteiger partial charge in [0.25, 0.3) is 0 Å². The van der Waals surface area contributed by atoms with Crippen LogP contribution in [0.5, 0.6) is 0 Å². The maximum absolute atomic E-state index is 12.1. The minimum Gasteiger partial charge on any atom is -0.308 e. The zero-order valence-corrected chi connectivity index (χ0v) is 10.1. The second-order valence-corrected chi connectivity index (χ2v) is 4.37. The number of carbonyl (C=O) groups is 1. The summed E-state index contributed by atoms with van der Waals surface area (Å²) in [4.78, 5) is 14.0. The van der Waals surface area contributed by atoms with Gasteiger partial charge < -0.3 is 10.2 Å². The van der Waals surface area contributed by atoms with Crippen LogP contribution in [0.25, 0.3) is 0 Å². The van der Waals surface area contributed by atoms with Gasteiger partial charge in [-0.25, -0.2) is 0 Å². The van der Waals surface area contributed by atoms with E-state index in [1.54, 1.807) is 6.08 Å². The molecule has 1 amide bonds. The molecule has 2 rings (SSSR count). The molecule has 0 aromatic heterocycles. The molecule has 90 valence electrons. The van der Waals surface area contributed by atoms with E-state index in [4.69, 9.17) is 0 Å². The summed E-state index contributed by atoms with van der Waals surface area (Å²) in [5.41, 5.74) is 2.32. The Bertz CT molecular complexity index is 428. The molecular weight excluding hydrogens is 212 g/mol. The van der Waals surface area contributed by atoms with Crippen LogP contribution in [0.4, 0.5) is 5.69 Å². The zero-order chi connectivity index (χ0) is 12.3. The summed E-state index contributed by atoms with van der Waals surface area (Å²) in [5.74, 6) is 0.129. The summed E-state index contributed by atoms with van der Waals surface area (Å²) in [6.45, 7) is 6.74. The predicted molar refractivity (Wildman–Crippen MR) is 70.2 cm³/mol. The maximum atomic E-state index is 12.1. The van der Waals surface area contributed by atoms with Gasteiger partial charge in [-0.1, -0.05) is 24.3 Å². The maximum Gasteiger partial charge on any atom is 0.241 e. The predicted octanol–water partition coefficient (Wildman–Crippen LogP) is 1.74. The van der Waals surface area contributed by atoms with Crippen molar-refractivity contribution < 1.29 is 4.79 Å². The Kier molecular flexibility index (Phi) is 3.59. The van der Waals surface area contributed by atoms with E-state index in [1.807, 2.05) is 23.1 Å².